The van der Waals surface area contributed by atoms with Crippen molar-refractivity contribution in [3.05, 3.63) is 85.1 Å². The lowest BCUT2D eigenvalue weighted by atomic mass is 10.1. The van der Waals surface area contributed by atoms with Crippen molar-refractivity contribution in [3.8, 4) is 0 Å². The Hall–Kier alpha value is -3.41. The van der Waals surface area contributed by atoms with Gasteiger partial charge >= 0.3 is 17.9 Å². The number of carbonyl (C=O) groups is 3. The molecule has 0 saturated carbocycles. The largest absolute Gasteiger partial charge is 0.462 e. The maximum Gasteiger partial charge on any atom is 0.306 e. The van der Waals surface area contributed by atoms with Crippen LogP contribution >= 0.6 is 0 Å². The zero-order valence-corrected chi connectivity index (χ0v) is 39.7. The highest BCUT2D eigenvalue weighted by atomic mass is 16.6. The Morgan fingerprint density at radius 2 is 0.689 bits per heavy atom. The van der Waals surface area contributed by atoms with Gasteiger partial charge in [-0.25, -0.2) is 0 Å². The fourth-order valence-corrected chi connectivity index (χ4v) is 6.59. The van der Waals surface area contributed by atoms with Crippen LogP contribution in [-0.4, -0.2) is 37.2 Å². The third-order valence-corrected chi connectivity index (χ3v) is 10.3. The van der Waals surface area contributed by atoms with Crippen molar-refractivity contribution in [3.63, 3.8) is 0 Å². The first-order valence-electron chi connectivity index (χ1n) is 25.1. The van der Waals surface area contributed by atoms with Gasteiger partial charge in [-0.3, -0.25) is 14.4 Å². The molecule has 6 nitrogen and oxygen atoms in total. The summed E-state index contributed by atoms with van der Waals surface area (Å²) in [6.07, 6.45) is 62.9. The van der Waals surface area contributed by atoms with E-state index in [1.807, 2.05) is 0 Å². The number of ether oxygens (including phenoxy) is 3. The van der Waals surface area contributed by atoms with E-state index < -0.39 is 6.10 Å². The van der Waals surface area contributed by atoms with Crippen LogP contribution in [0.1, 0.15) is 226 Å². The van der Waals surface area contributed by atoms with Crippen molar-refractivity contribution in [1.82, 2.24) is 0 Å². The van der Waals surface area contributed by atoms with Crippen LogP contribution < -0.4 is 0 Å². The van der Waals surface area contributed by atoms with Crippen LogP contribution in [0.2, 0.25) is 0 Å². The maximum atomic E-state index is 12.8. The van der Waals surface area contributed by atoms with Gasteiger partial charge in [0.1, 0.15) is 13.2 Å². The zero-order valence-electron chi connectivity index (χ0n) is 39.7. The van der Waals surface area contributed by atoms with E-state index >= 15 is 0 Å². The predicted octanol–water partition coefficient (Wildman–Crippen LogP) is 16.4. The highest BCUT2D eigenvalue weighted by molar-refractivity contribution is 5.71. The summed E-state index contributed by atoms with van der Waals surface area (Å²) >= 11 is 0. The summed E-state index contributed by atoms with van der Waals surface area (Å²) in [5.74, 6) is -0.985. The predicted molar refractivity (Wildman–Crippen MR) is 261 cm³/mol. The monoisotopic (exact) mass is 849 g/mol. The Bertz CT molecular complexity index is 1200. The molecule has 0 bridgehead atoms. The van der Waals surface area contributed by atoms with Gasteiger partial charge in [-0.1, -0.05) is 189 Å². The molecule has 0 spiro atoms. The minimum atomic E-state index is -0.806. The number of carbonyl (C=O) groups excluding carboxylic acids is 3. The molecule has 0 heterocycles. The van der Waals surface area contributed by atoms with Crippen LogP contribution in [0, 0.1) is 0 Å². The standard InChI is InChI=1S/C55H92O6/c1-4-7-10-13-16-19-22-24-26-28-30-31-33-36-39-42-45-48-54(57)60-51-52(50-59-53(56)47-44-41-38-35-21-18-15-12-9-6-3)61-55(58)49-46-43-40-37-34-32-29-27-25-23-20-17-14-11-8-5-2/h7,10,12,15-16,19,24,26-27,29-31,36,39,52H,4-6,8-9,11,13-14,17-18,20-23,25,28,32-35,37-38,40-51H2,1-3H3/b10-7-,15-12-,19-16-,26-24-,29-27-,31-30-,39-36-. The first-order chi connectivity index (χ1) is 30.0. The molecular formula is C55H92O6. The first-order valence-corrected chi connectivity index (χ1v) is 25.1. The molecule has 0 aromatic heterocycles. The van der Waals surface area contributed by atoms with E-state index in [0.717, 1.165) is 109 Å². The maximum absolute atomic E-state index is 12.8. The van der Waals surface area contributed by atoms with E-state index in [2.05, 4.69) is 106 Å². The Balaban J connectivity index is 4.47. The van der Waals surface area contributed by atoms with E-state index in [1.54, 1.807) is 0 Å². The average Bonchev–Trinajstić information content (AvgIpc) is 3.26. The molecule has 0 aliphatic heterocycles. The van der Waals surface area contributed by atoms with Crippen LogP contribution in [0.4, 0.5) is 0 Å². The van der Waals surface area contributed by atoms with Crippen LogP contribution in [-0.2, 0) is 28.6 Å². The molecule has 1 unspecified atom stereocenters. The first kappa shape index (κ1) is 57.6. The van der Waals surface area contributed by atoms with E-state index in [4.69, 9.17) is 14.2 Å². The highest BCUT2D eigenvalue weighted by Crippen LogP contribution is 2.13. The number of rotatable bonds is 44. The summed E-state index contributed by atoms with van der Waals surface area (Å²) in [5, 5.41) is 0. The molecule has 0 saturated heterocycles. The average molecular weight is 849 g/mol. The minimum absolute atomic E-state index is 0.103. The molecule has 0 aliphatic carbocycles. The van der Waals surface area contributed by atoms with Crippen LogP contribution in [0.25, 0.3) is 0 Å². The van der Waals surface area contributed by atoms with E-state index in [9.17, 15) is 14.4 Å². The topological polar surface area (TPSA) is 78.9 Å². The zero-order chi connectivity index (χ0) is 44.4. The Morgan fingerprint density at radius 1 is 0.344 bits per heavy atom. The summed E-state index contributed by atoms with van der Waals surface area (Å²) < 4.78 is 16.7. The van der Waals surface area contributed by atoms with Crippen LogP contribution in [0.5, 0.6) is 0 Å². The molecular weight excluding hydrogens is 757 g/mol. The van der Waals surface area contributed by atoms with Crippen molar-refractivity contribution >= 4 is 17.9 Å². The van der Waals surface area contributed by atoms with Crippen molar-refractivity contribution in [1.29, 1.82) is 0 Å². The number of allylic oxidation sites excluding steroid dienone is 14. The summed E-state index contributed by atoms with van der Waals surface area (Å²) in [7, 11) is 0. The lowest BCUT2D eigenvalue weighted by molar-refractivity contribution is -0.167. The molecule has 0 aromatic carbocycles. The van der Waals surface area contributed by atoms with Crippen molar-refractivity contribution in [2.45, 2.75) is 232 Å². The minimum Gasteiger partial charge on any atom is -0.462 e. The van der Waals surface area contributed by atoms with E-state index in [-0.39, 0.29) is 37.5 Å². The van der Waals surface area contributed by atoms with Gasteiger partial charge in [-0.15, -0.1) is 0 Å². The van der Waals surface area contributed by atoms with Crippen LogP contribution in [0.15, 0.2) is 85.1 Å². The Kier molecular flexibility index (Phi) is 46.5. The number of hydrogen-bond donors (Lipinski definition) is 0. The van der Waals surface area contributed by atoms with Gasteiger partial charge < -0.3 is 14.2 Å². The van der Waals surface area contributed by atoms with Gasteiger partial charge in [0.15, 0.2) is 6.10 Å². The molecule has 0 rings (SSSR count). The number of unbranched alkanes of at least 4 members (excludes halogenated alkanes) is 19. The third-order valence-electron chi connectivity index (χ3n) is 10.3. The molecule has 0 amide bonds. The molecule has 0 N–H and O–H groups in total. The van der Waals surface area contributed by atoms with Crippen molar-refractivity contribution < 1.29 is 28.6 Å². The summed E-state index contributed by atoms with van der Waals surface area (Å²) in [4.78, 5) is 37.9. The second-order valence-corrected chi connectivity index (χ2v) is 16.3. The fraction of sp³-hybridized carbons (Fsp3) is 0.691. The van der Waals surface area contributed by atoms with Gasteiger partial charge in [0.2, 0.25) is 0 Å². The summed E-state index contributed by atoms with van der Waals surface area (Å²) in [5.41, 5.74) is 0. The second kappa shape index (κ2) is 49.2. The van der Waals surface area contributed by atoms with Gasteiger partial charge in [-0.05, 0) is 103 Å². The SMILES string of the molecule is CC/C=C\C/C=C\C/C=C\C/C=C\C/C=C\CCCC(=O)OCC(COC(=O)CCCCCCC/C=C\CCC)OC(=O)CCCCCCC/C=C\CCCCCCCCC. The quantitative estimate of drug-likeness (QED) is 0.0263. The molecule has 348 valence electrons. The van der Waals surface area contributed by atoms with Gasteiger partial charge in [0.25, 0.3) is 0 Å². The molecule has 0 fully saturated rings. The van der Waals surface area contributed by atoms with Gasteiger partial charge in [0.05, 0.1) is 0 Å². The Labute approximate surface area is 375 Å². The molecule has 61 heavy (non-hydrogen) atoms. The molecule has 0 aliphatic rings. The van der Waals surface area contributed by atoms with Crippen molar-refractivity contribution in [2.75, 3.05) is 13.2 Å². The normalized spacial score (nSPS) is 12.8. The third kappa shape index (κ3) is 47.5. The molecule has 0 aromatic rings. The Morgan fingerprint density at radius 3 is 1.15 bits per heavy atom. The van der Waals surface area contributed by atoms with Gasteiger partial charge in [-0.2, -0.15) is 0 Å². The van der Waals surface area contributed by atoms with E-state index in [1.165, 1.54) is 70.6 Å². The summed E-state index contributed by atoms with van der Waals surface area (Å²) in [6.45, 7) is 6.39. The smallest absolute Gasteiger partial charge is 0.306 e. The summed E-state index contributed by atoms with van der Waals surface area (Å²) in [6, 6.07) is 0. The van der Waals surface area contributed by atoms with Crippen molar-refractivity contribution in [2.24, 2.45) is 0 Å². The highest BCUT2D eigenvalue weighted by Gasteiger charge is 2.19. The lowest BCUT2D eigenvalue weighted by Gasteiger charge is -2.18. The molecule has 1 atom stereocenters. The molecule has 0 radical (unpaired) electrons. The molecule has 6 heteroatoms. The van der Waals surface area contributed by atoms with Crippen LogP contribution in [0.3, 0.4) is 0 Å². The second-order valence-electron chi connectivity index (χ2n) is 16.3. The van der Waals surface area contributed by atoms with Gasteiger partial charge in [0, 0.05) is 19.3 Å². The van der Waals surface area contributed by atoms with E-state index in [0.29, 0.717) is 19.3 Å². The number of esters is 3. The fourth-order valence-electron chi connectivity index (χ4n) is 6.59. The number of hydrogen-bond acceptors (Lipinski definition) is 6. The lowest BCUT2D eigenvalue weighted by Crippen LogP contribution is -2.30.